The maximum atomic E-state index is 12.9. The van der Waals surface area contributed by atoms with E-state index in [1.165, 1.54) is 6.42 Å². The topological polar surface area (TPSA) is 68.7 Å². The molecule has 1 aliphatic rings. The molecule has 1 aromatic heterocycles. The number of amides is 1. The molecule has 1 fully saturated rings. The van der Waals surface area contributed by atoms with Crippen molar-refractivity contribution in [2.24, 2.45) is 0 Å². The van der Waals surface area contributed by atoms with E-state index in [4.69, 9.17) is 9.47 Å². The molecule has 1 aromatic carbocycles. The van der Waals surface area contributed by atoms with E-state index in [0.29, 0.717) is 17.8 Å². The van der Waals surface area contributed by atoms with Gasteiger partial charge in [0.2, 0.25) is 0 Å². The normalized spacial score (nSPS) is 14.7. The van der Waals surface area contributed by atoms with Crippen molar-refractivity contribution >= 4 is 22.8 Å². The van der Waals surface area contributed by atoms with Crippen molar-refractivity contribution in [1.82, 2.24) is 9.88 Å². The fourth-order valence-electron chi connectivity index (χ4n) is 4.27. The summed E-state index contributed by atoms with van der Waals surface area (Å²) in [5, 5.41) is 0.892. The van der Waals surface area contributed by atoms with Gasteiger partial charge in [-0.15, -0.1) is 0 Å². The summed E-state index contributed by atoms with van der Waals surface area (Å²) >= 11 is 0. The number of esters is 1. The number of nitrogens with zero attached hydrogens (tertiary/aromatic N) is 2. The number of fused-ring (bicyclic) bond motifs is 1. The van der Waals surface area contributed by atoms with Crippen LogP contribution in [0.4, 0.5) is 0 Å². The average molecular weight is 399 g/mol. The lowest BCUT2D eigenvalue weighted by molar-refractivity contribution is -0.137. The Morgan fingerprint density at radius 1 is 1.17 bits per heavy atom. The molecule has 0 radical (unpaired) electrons. The Balaban J connectivity index is 1.77. The number of benzene rings is 1. The van der Waals surface area contributed by atoms with E-state index in [9.17, 15) is 9.59 Å². The van der Waals surface area contributed by atoms with E-state index < -0.39 is 5.97 Å². The molecule has 1 aliphatic carbocycles. The monoisotopic (exact) mass is 398 g/mol. The van der Waals surface area contributed by atoms with Crippen molar-refractivity contribution in [3.8, 4) is 0 Å². The number of carbonyl (C=O) groups excluding carboxylic acids is 2. The number of aromatic nitrogens is 1. The van der Waals surface area contributed by atoms with Gasteiger partial charge in [0.1, 0.15) is 0 Å². The maximum absolute atomic E-state index is 12.9. The molecular weight excluding hydrogens is 368 g/mol. The van der Waals surface area contributed by atoms with Crippen LogP contribution in [0.5, 0.6) is 0 Å². The minimum absolute atomic E-state index is 0.132. The number of aryl methyl sites for hydroxylation is 1. The van der Waals surface area contributed by atoms with Crippen LogP contribution in [-0.4, -0.2) is 48.1 Å². The van der Waals surface area contributed by atoms with Gasteiger partial charge >= 0.3 is 5.97 Å². The van der Waals surface area contributed by atoms with Crippen LogP contribution in [0, 0.1) is 6.92 Å². The standard InChI is InChI=1S/C23H30N2O4/c1-4-25(17-10-6-5-7-11-17)21(26)15-29-23(27)22-16(2)18-12-8-9-13-19(18)24-20(22)14-28-3/h8-9,12-13,17H,4-7,10-11,14-15H2,1-3H3. The molecule has 0 saturated heterocycles. The third kappa shape index (κ3) is 4.75. The highest BCUT2D eigenvalue weighted by atomic mass is 16.5. The molecule has 1 saturated carbocycles. The Hall–Kier alpha value is -2.47. The second-order valence-corrected chi connectivity index (χ2v) is 7.56. The number of ether oxygens (including phenoxy) is 2. The number of rotatable bonds is 7. The lowest BCUT2D eigenvalue weighted by Gasteiger charge is -2.33. The van der Waals surface area contributed by atoms with E-state index in [2.05, 4.69) is 4.98 Å². The van der Waals surface area contributed by atoms with Gasteiger partial charge in [0.25, 0.3) is 5.91 Å². The molecule has 0 bridgehead atoms. The first-order valence-electron chi connectivity index (χ1n) is 10.4. The number of methoxy groups -OCH3 is 1. The first-order valence-corrected chi connectivity index (χ1v) is 10.4. The van der Waals surface area contributed by atoms with Crippen molar-refractivity contribution in [2.45, 2.75) is 58.6 Å². The number of likely N-dealkylation sites (N-methyl/N-ethyl adjacent to an activating group) is 1. The van der Waals surface area contributed by atoms with Gasteiger partial charge in [-0.1, -0.05) is 37.5 Å². The third-order valence-electron chi connectivity index (χ3n) is 5.72. The van der Waals surface area contributed by atoms with Crippen molar-refractivity contribution in [3.05, 3.63) is 41.1 Å². The summed E-state index contributed by atoms with van der Waals surface area (Å²) < 4.78 is 10.7. The van der Waals surface area contributed by atoms with E-state index >= 15 is 0 Å². The minimum Gasteiger partial charge on any atom is -0.452 e. The fourth-order valence-corrected chi connectivity index (χ4v) is 4.27. The lowest BCUT2D eigenvalue weighted by atomic mass is 9.94. The number of para-hydroxylation sites is 1. The summed E-state index contributed by atoms with van der Waals surface area (Å²) in [6.07, 6.45) is 5.58. The van der Waals surface area contributed by atoms with Crippen LogP contribution in [0.2, 0.25) is 0 Å². The Labute approximate surface area is 172 Å². The van der Waals surface area contributed by atoms with Crippen molar-refractivity contribution in [1.29, 1.82) is 0 Å². The summed E-state index contributed by atoms with van der Waals surface area (Å²) in [4.78, 5) is 32.1. The van der Waals surface area contributed by atoms with Gasteiger partial charge in [-0.05, 0) is 38.3 Å². The number of carbonyl (C=O) groups is 2. The highest BCUT2D eigenvalue weighted by Gasteiger charge is 2.26. The van der Waals surface area contributed by atoms with E-state index in [-0.39, 0.29) is 25.2 Å². The predicted molar refractivity (Wildman–Crippen MR) is 112 cm³/mol. The molecule has 6 heteroatoms. The molecule has 0 atom stereocenters. The maximum Gasteiger partial charge on any atom is 0.340 e. The van der Waals surface area contributed by atoms with Crippen molar-refractivity contribution < 1.29 is 19.1 Å². The zero-order valence-electron chi connectivity index (χ0n) is 17.6. The highest BCUT2D eigenvalue weighted by Crippen LogP contribution is 2.25. The number of hydrogen-bond donors (Lipinski definition) is 0. The Morgan fingerprint density at radius 3 is 2.59 bits per heavy atom. The Kier molecular flexibility index (Phi) is 7.20. The van der Waals surface area contributed by atoms with Gasteiger partial charge in [-0.2, -0.15) is 0 Å². The van der Waals surface area contributed by atoms with Crippen molar-refractivity contribution in [2.75, 3.05) is 20.3 Å². The van der Waals surface area contributed by atoms with Crippen LogP contribution >= 0.6 is 0 Å². The molecule has 1 heterocycles. The molecule has 2 aromatic rings. The number of pyridine rings is 1. The minimum atomic E-state index is -0.527. The first-order chi connectivity index (χ1) is 14.1. The van der Waals surface area contributed by atoms with Crippen LogP contribution in [0.25, 0.3) is 10.9 Å². The third-order valence-corrected chi connectivity index (χ3v) is 5.72. The van der Waals surface area contributed by atoms with Crippen LogP contribution in [0.15, 0.2) is 24.3 Å². The molecular formula is C23H30N2O4. The predicted octanol–water partition coefficient (Wildman–Crippen LogP) is 4.03. The zero-order valence-corrected chi connectivity index (χ0v) is 17.6. The van der Waals surface area contributed by atoms with Gasteiger partial charge in [0.05, 0.1) is 23.4 Å². The molecule has 0 aliphatic heterocycles. The van der Waals surface area contributed by atoms with Gasteiger partial charge < -0.3 is 14.4 Å². The summed E-state index contributed by atoms with van der Waals surface area (Å²) in [7, 11) is 1.56. The molecule has 6 nitrogen and oxygen atoms in total. The van der Waals surface area contributed by atoms with E-state index in [0.717, 1.165) is 42.1 Å². The second-order valence-electron chi connectivity index (χ2n) is 7.56. The van der Waals surface area contributed by atoms with Crippen LogP contribution < -0.4 is 0 Å². The Bertz CT molecular complexity index is 875. The van der Waals surface area contributed by atoms with Crippen molar-refractivity contribution in [3.63, 3.8) is 0 Å². The molecule has 156 valence electrons. The summed E-state index contributed by atoms with van der Waals surface area (Å²) in [6, 6.07) is 7.91. The average Bonchev–Trinajstić information content (AvgIpc) is 2.74. The lowest BCUT2D eigenvalue weighted by Crippen LogP contribution is -2.43. The summed E-state index contributed by atoms with van der Waals surface area (Å²) in [5.74, 6) is -0.659. The van der Waals surface area contributed by atoms with Gasteiger partial charge in [0.15, 0.2) is 6.61 Å². The Morgan fingerprint density at radius 2 is 1.90 bits per heavy atom. The zero-order chi connectivity index (χ0) is 20.8. The largest absolute Gasteiger partial charge is 0.452 e. The molecule has 0 unspecified atom stereocenters. The highest BCUT2D eigenvalue weighted by molar-refractivity contribution is 5.99. The smallest absolute Gasteiger partial charge is 0.340 e. The second kappa shape index (κ2) is 9.83. The summed E-state index contributed by atoms with van der Waals surface area (Å²) in [6.45, 7) is 4.44. The SMILES string of the molecule is CCN(C(=O)COC(=O)c1c(COC)nc2ccccc2c1C)C1CCCCC1. The molecule has 0 spiro atoms. The fraction of sp³-hybridized carbons (Fsp3) is 0.522. The summed E-state index contributed by atoms with van der Waals surface area (Å²) in [5.41, 5.74) is 2.51. The molecule has 3 rings (SSSR count). The quantitative estimate of drug-likeness (QED) is 0.659. The van der Waals surface area contributed by atoms with Gasteiger partial charge in [-0.25, -0.2) is 9.78 Å². The number of hydrogen-bond acceptors (Lipinski definition) is 5. The van der Waals surface area contributed by atoms with E-state index in [1.807, 2.05) is 43.0 Å². The van der Waals surface area contributed by atoms with Crippen LogP contribution in [0.3, 0.4) is 0 Å². The van der Waals surface area contributed by atoms with Gasteiger partial charge in [-0.3, -0.25) is 4.79 Å². The van der Waals surface area contributed by atoms with Crippen LogP contribution in [0.1, 0.15) is 60.6 Å². The van der Waals surface area contributed by atoms with Crippen LogP contribution in [-0.2, 0) is 20.9 Å². The van der Waals surface area contributed by atoms with E-state index in [1.54, 1.807) is 7.11 Å². The molecule has 0 N–H and O–H groups in total. The molecule has 29 heavy (non-hydrogen) atoms. The first kappa shape index (κ1) is 21.2. The molecule has 1 amide bonds. The van der Waals surface area contributed by atoms with Gasteiger partial charge in [0, 0.05) is 25.1 Å².